The Labute approximate surface area is 193 Å². The number of rotatable bonds is 8. The van der Waals surface area contributed by atoms with Gasteiger partial charge in [-0.05, 0) is 48.4 Å². The number of hydrogen-bond acceptors (Lipinski definition) is 5. The SMILES string of the molecule is O=C(COC(=O)CCc1ccc(S(=O)(=O)N2CCCC2)cc1)Nc1cccc2ccccc12. The largest absolute Gasteiger partial charge is 0.456 e. The smallest absolute Gasteiger partial charge is 0.306 e. The van der Waals surface area contributed by atoms with Crippen LogP contribution in [0.1, 0.15) is 24.8 Å². The summed E-state index contributed by atoms with van der Waals surface area (Å²) >= 11 is 0. The lowest BCUT2D eigenvalue weighted by Crippen LogP contribution is -2.27. The first kappa shape index (κ1) is 22.9. The van der Waals surface area contributed by atoms with Crippen molar-refractivity contribution in [2.75, 3.05) is 25.0 Å². The van der Waals surface area contributed by atoms with E-state index in [9.17, 15) is 18.0 Å². The summed E-state index contributed by atoms with van der Waals surface area (Å²) < 4.78 is 31.8. The molecule has 7 nitrogen and oxygen atoms in total. The number of benzene rings is 3. The number of anilines is 1. The molecule has 3 aromatic carbocycles. The highest BCUT2D eigenvalue weighted by Crippen LogP contribution is 2.23. The third-order valence-corrected chi connectivity index (χ3v) is 7.58. The summed E-state index contributed by atoms with van der Waals surface area (Å²) in [6.07, 6.45) is 2.27. The van der Waals surface area contributed by atoms with E-state index in [4.69, 9.17) is 4.74 Å². The van der Waals surface area contributed by atoms with Gasteiger partial charge in [0.2, 0.25) is 10.0 Å². The summed E-state index contributed by atoms with van der Waals surface area (Å²) in [5.41, 5.74) is 1.49. The van der Waals surface area contributed by atoms with Crippen molar-refractivity contribution >= 4 is 38.4 Å². The van der Waals surface area contributed by atoms with Gasteiger partial charge >= 0.3 is 5.97 Å². The molecule has 1 saturated heterocycles. The molecule has 1 aliphatic heterocycles. The summed E-state index contributed by atoms with van der Waals surface area (Å²) in [5, 5.41) is 4.70. The number of ether oxygens (including phenoxy) is 1. The maximum atomic E-state index is 12.6. The number of carbonyl (C=O) groups is 2. The van der Waals surface area contributed by atoms with E-state index in [-0.39, 0.29) is 17.9 Å². The van der Waals surface area contributed by atoms with Crippen molar-refractivity contribution in [3.8, 4) is 0 Å². The van der Waals surface area contributed by atoms with Crippen molar-refractivity contribution in [2.24, 2.45) is 0 Å². The topological polar surface area (TPSA) is 92.8 Å². The molecule has 0 bridgehead atoms. The summed E-state index contributed by atoms with van der Waals surface area (Å²) in [4.78, 5) is 24.6. The van der Waals surface area contributed by atoms with Crippen molar-refractivity contribution in [1.82, 2.24) is 4.31 Å². The van der Waals surface area contributed by atoms with Crippen LogP contribution in [0.4, 0.5) is 5.69 Å². The molecule has 3 aromatic rings. The number of esters is 1. The first-order valence-corrected chi connectivity index (χ1v) is 12.4. The fourth-order valence-electron chi connectivity index (χ4n) is 3.89. The Balaban J connectivity index is 1.25. The Bertz CT molecular complexity index is 1240. The molecule has 1 amide bonds. The molecule has 1 N–H and O–H groups in total. The average molecular weight is 467 g/mol. The van der Waals surface area contributed by atoms with Gasteiger partial charge in [-0.15, -0.1) is 0 Å². The van der Waals surface area contributed by atoms with Crippen LogP contribution in [-0.2, 0) is 30.8 Å². The minimum Gasteiger partial charge on any atom is -0.456 e. The number of hydrogen-bond donors (Lipinski definition) is 1. The number of nitrogens with one attached hydrogen (secondary N) is 1. The molecule has 172 valence electrons. The number of sulfonamides is 1. The lowest BCUT2D eigenvalue weighted by Gasteiger charge is -2.15. The van der Waals surface area contributed by atoms with Crippen LogP contribution in [0.25, 0.3) is 10.8 Å². The fourth-order valence-corrected chi connectivity index (χ4v) is 5.41. The van der Waals surface area contributed by atoms with Crippen molar-refractivity contribution in [3.05, 3.63) is 72.3 Å². The molecular weight excluding hydrogens is 440 g/mol. The number of amides is 1. The average Bonchev–Trinajstić information content (AvgIpc) is 3.38. The molecule has 0 radical (unpaired) electrons. The van der Waals surface area contributed by atoms with Gasteiger partial charge in [0.1, 0.15) is 0 Å². The second-order valence-corrected chi connectivity index (χ2v) is 9.93. The molecule has 0 atom stereocenters. The van der Waals surface area contributed by atoms with Gasteiger partial charge in [0.15, 0.2) is 6.61 Å². The van der Waals surface area contributed by atoms with E-state index in [0.29, 0.717) is 25.2 Å². The fraction of sp³-hybridized carbons (Fsp3) is 0.280. The second kappa shape index (κ2) is 10.1. The van der Waals surface area contributed by atoms with Crippen LogP contribution in [0, 0.1) is 0 Å². The molecule has 4 rings (SSSR count). The van der Waals surface area contributed by atoms with E-state index in [1.807, 2.05) is 36.4 Å². The monoisotopic (exact) mass is 466 g/mol. The summed E-state index contributed by atoms with van der Waals surface area (Å²) in [6.45, 7) is 0.753. The van der Waals surface area contributed by atoms with Crippen molar-refractivity contribution in [1.29, 1.82) is 0 Å². The van der Waals surface area contributed by atoms with Gasteiger partial charge < -0.3 is 10.1 Å². The van der Waals surface area contributed by atoms with Crippen LogP contribution in [0.15, 0.2) is 71.6 Å². The Kier molecular flexibility index (Phi) is 7.05. The number of carbonyl (C=O) groups excluding carboxylic acids is 2. The summed E-state index contributed by atoms with van der Waals surface area (Å²) in [6, 6.07) is 19.9. The van der Waals surface area contributed by atoms with E-state index in [0.717, 1.165) is 29.2 Å². The molecule has 0 spiro atoms. The van der Waals surface area contributed by atoms with Gasteiger partial charge in [-0.25, -0.2) is 8.42 Å². The molecule has 0 unspecified atom stereocenters. The minimum atomic E-state index is -3.45. The predicted molar refractivity (Wildman–Crippen MR) is 126 cm³/mol. The lowest BCUT2D eigenvalue weighted by atomic mass is 10.1. The van der Waals surface area contributed by atoms with E-state index >= 15 is 0 Å². The molecule has 1 aliphatic rings. The first-order chi connectivity index (χ1) is 15.9. The molecular formula is C25H26N2O5S. The van der Waals surface area contributed by atoms with E-state index in [2.05, 4.69) is 5.32 Å². The third-order valence-electron chi connectivity index (χ3n) is 5.67. The normalized spacial score (nSPS) is 14.3. The van der Waals surface area contributed by atoms with Gasteiger partial charge in [-0.2, -0.15) is 4.31 Å². The van der Waals surface area contributed by atoms with Gasteiger partial charge in [0, 0.05) is 30.6 Å². The Morgan fingerprint density at radius 1 is 0.909 bits per heavy atom. The summed E-state index contributed by atoms with van der Waals surface area (Å²) in [5.74, 6) is -0.895. The van der Waals surface area contributed by atoms with E-state index < -0.39 is 21.9 Å². The van der Waals surface area contributed by atoms with Crippen LogP contribution in [-0.4, -0.2) is 44.3 Å². The Morgan fingerprint density at radius 3 is 2.36 bits per heavy atom. The van der Waals surface area contributed by atoms with E-state index in [1.54, 1.807) is 30.3 Å². The molecule has 1 fully saturated rings. The second-order valence-electron chi connectivity index (χ2n) is 7.99. The van der Waals surface area contributed by atoms with Crippen LogP contribution in [0.5, 0.6) is 0 Å². The van der Waals surface area contributed by atoms with Gasteiger partial charge in [-0.1, -0.05) is 48.5 Å². The van der Waals surface area contributed by atoms with Crippen molar-refractivity contribution in [3.63, 3.8) is 0 Å². The highest BCUT2D eigenvalue weighted by molar-refractivity contribution is 7.89. The summed E-state index contributed by atoms with van der Waals surface area (Å²) in [7, 11) is -3.45. The molecule has 0 saturated carbocycles. The third kappa shape index (κ3) is 5.58. The number of fused-ring (bicyclic) bond motifs is 1. The van der Waals surface area contributed by atoms with Crippen molar-refractivity contribution < 1.29 is 22.7 Å². The first-order valence-electron chi connectivity index (χ1n) is 11.0. The zero-order valence-electron chi connectivity index (χ0n) is 18.2. The minimum absolute atomic E-state index is 0.0970. The van der Waals surface area contributed by atoms with Crippen molar-refractivity contribution in [2.45, 2.75) is 30.6 Å². The van der Waals surface area contributed by atoms with Crippen LogP contribution >= 0.6 is 0 Å². The van der Waals surface area contributed by atoms with Gasteiger partial charge in [0.25, 0.3) is 5.91 Å². The van der Waals surface area contributed by atoms with Crippen LogP contribution in [0.2, 0.25) is 0 Å². The molecule has 8 heteroatoms. The van der Waals surface area contributed by atoms with E-state index in [1.165, 1.54) is 4.31 Å². The molecule has 0 aliphatic carbocycles. The standard InChI is InChI=1S/C25H26N2O5S/c28-24(26-23-9-5-7-20-6-1-2-8-22(20)23)18-32-25(29)15-12-19-10-13-21(14-11-19)33(30,31)27-16-3-4-17-27/h1-2,5-11,13-14H,3-4,12,15-18H2,(H,26,28). The zero-order valence-corrected chi connectivity index (χ0v) is 19.0. The van der Waals surface area contributed by atoms with Gasteiger partial charge in [0.05, 0.1) is 4.90 Å². The maximum absolute atomic E-state index is 12.6. The van der Waals surface area contributed by atoms with Crippen LogP contribution < -0.4 is 5.32 Å². The van der Waals surface area contributed by atoms with Gasteiger partial charge in [-0.3, -0.25) is 9.59 Å². The molecule has 33 heavy (non-hydrogen) atoms. The Morgan fingerprint density at radius 2 is 1.61 bits per heavy atom. The highest BCUT2D eigenvalue weighted by Gasteiger charge is 2.26. The zero-order chi connectivity index (χ0) is 23.3. The lowest BCUT2D eigenvalue weighted by molar-refractivity contribution is -0.147. The number of nitrogens with zero attached hydrogens (tertiary/aromatic N) is 1. The Hall–Kier alpha value is -3.23. The van der Waals surface area contributed by atoms with Crippen LogP contribution in [0.3, 0.4) is 0 Å². The predicted octanol–water partition coefficient (Wildman–Crippen LogP) is 3.74. The quantitative estimate of drug-likeness (QED) is 0.511. The molecule has 0 aromatic heterocycles. The highest BCUT2D eigenvalue weighted by atomic mass is 32.2. The number of aryl methyl sites for hydroxylation is 1. The molecule has 1 heterocycles. The maximum Gasteiger partial charge on any atom is 0.306 e.